The van der Waals surface area contributed by atoms with E-state index in [-0.39, 0.29) is 17.5 Å². The van der Waals surface area contributed by atoms with Crippen molar-refractivity contribution in [3.8, 4) is 5.75 Å². The first-order valence-electron chi connectivity index (χ1n) is 11.4. The van der Waals surface area contributed by atoms with E-state index in [9.17, 15) is 4.79 Å². The van der Waals surface area contributed by atoms with Crippen LogP contribution in [0.15, 0.2) is 42.5 Å². The Hall–Kier alpha value is -2.24. The summed E-state index contributed by atoms with van der Waals surface area (Å²) in [6.07, 6.45) is 5.55. The van der Waals surface area contributed by atoms with Crippen LogP contribution in [0.4, 0.5) is 4.79 Å². The van der Waals surface area contributed by atoms with Gasteiger partial charge in [0.2, 0.25) is 0 Å². The van der Waals surface area contributed by atoms with Gasteiger partial charge in [0.1, 0.15) is 12.4 Å². The molecule has 2 amide bonds. The Morgan fingerprint density at radius 3 is 2.65 bits per heavy atom. The summed E-state index contributed by atoms with van der Waals surface area (Å²) < 4.78 is 5.97. The molecule has 1 atom stereocenters. The molecule has 3 N–H and O–H groups in total. The molecule has 2 aromatic rings. The number of benzene rings is 2. The molecule has 0 aromatic heterocycles. The molecule has 2 aromatic carbocycles. The molecule has 0 radical (unpaired) electrons. The number of hydrogen-bond acceptors (Lipinski definition) is 3. The SMILES string of the molecule is CCCNC(=O)NCCOc1ccc2c(c1)C(C1(c3ccc(Cl)cc3)CCC1)NCC2. The smallest absolute Gasteiger partial charge is 0.314 e. The van der Waals surface area contributed by atoms with Crippen molar-refractivity contribution in [2.24, 2.45) is 0 Å². The number of nitrogens with one attached hydrogen (secondary N) is 3. The maximum atomic E-state index is 11.7. The van der Waals surface area contributed by atoms with Gasteiger partial charge < -0.3 is 20.7 Å². The number of urea groups is 1. The van der Waals surface area contributed by atoms with Crippen molar-refractivity contribution in [2.45, 2.75) is 50.5 Å². The third-order valence-electron chi connectivity index (χ3n) is 6.58. The number of halogens is 1. The van der Waals surface area contributed by atoms with Crippen molar-refractivity contribution in [1.82, 2.24) is 16.0 Å². The highest BCUT2D eigenvalue weighted by Gasteiger charge is 2.47. The fourth-order valence-corrected chi connectivity index (χ4v) is 4.96. The van der Waals surface area contributed by atoms with Gasteiger partial charge in [0.05, 0.1) is 6.54 Å². The minimum absolute atomic E-state index is 0.108. The zero-order valence-electron chi connectivity index (χ0n) is 18.2. The largest absolute Gasteiger partial charge is 0.492 e. The number of carbonyl (C=O) groups excluding carboxylic acids is 1. The van der Waals surface area contributed by atoms with E-state index in [0.29, 0.717) is 19.7 Å². The first-order valence-corrected chi connectivity index (χ1v) is 11.8. The molecule has 1 aliphatic heterocycles. The van der Waals surface area contributed by atoms with Crippen LogP contribution in [0.5, 0.6) is 5.75 Å². The van der Waals surface area contributed by atoms with Gasteiger partial charge in [-0.2, -0.15) is 0 Å². The van der Waals surface area contributed by atoms with E-state index in [4.69, 9.17) is 16.3 Å². The van der Waals surface area contributed by atoms with Crippen molar-refractivity contribution in [2.75, 3.05) is 26.2 Å². The number of fused-ring (bicyclic) bond motifs is 1. The molecule has 2 aliphatic rings. The van der Waals surface area contributed by atoms with E-state index in [1.54, 1.807) is 0 Å². The molecule has 5 nitrogen and oxygen atoms in total. The molecule has 1 saturated carbocycles. The topological polar surface area (TPSA) is 62.4 Å². The number of ether oxygens (including phenoxy) is 1. The second kappa shape index (κ2) is 9.92. The van der Waals surface area contributed by atoms with Crippen LogP contribution in [0.2, 0.25) is 5.02 Å². The summed E-state index contributed by atoms with van der Waals surface area (Å²) in [6.45, 7) is 4.62. The Bertz CT molecular complexity index is 896. The van der Waals surface area contributed by atoms with Gasteiger partial charge in [0.25, 0.3) is 0 Å². The third kappa shape index (κ3) is 4.83. The number of amides is 2. The molecule has 1 fully saturated rings. The van der Waals surface area contributed by atoms with Crippen molar-refractivity contribution < 1.29 is 9.53 Å². The van der Waals surface area contributed by atoms with Crippen LogP contribution in [0.1, 0.15) is 55.3 Å². The molecule has 0 bridgehead atoms. The summed E-state index contributed by atoms with van der Waals surface area (Å²) in [5.41, 5.74) is 4.21. The van der Waals surface area contributed by atoms with E-state index in [1.807, 2.05) is 25.1 Å². The molecule has 4 rings (SSSR count). The average Bonchev–Trinajstić information content (AvgIpc) is 2.76. The molecule has 1 aliphatic carbocycles. The van der Waals surface area contributed by atoms with E-state index >= 15 is 0 Å². The Morgan fingerprint density at radius 2 is 1.94 bits per heavy atom. The second-order valence-electron chi connectivity index (χ2n) is 8.55. The zero-order chi connectivity index (χ0) is 21.7. The lowest BCUT2D eigenvalue weighted by molar-refractivity contribution is 0.164. The average molecular weight is 442 g/mol. The van der Waals surface area contributed by atoms with Gasteiger partial charge in [-0.05, 0) is 73.2 Å². The number of carbonyl (C=O) groups is 1. The van der Waals surface area contributed by atoms with E-state index in [2.05, 4.69) is 40.2 Å². The van der Waals surface area contributed by atoms with Crippen molar-refractivity contribution >= 4 is 17.6 Å². The minimum atomic E-state index is -0.143. The fraction of sp³-hybridized carbons (Fsp3) is 0.480. The molecule has 6 heteroatoms. The lowest BCUT2D eigenvalue weighted by Crippen LogP contribution is -2.49. The number of hydrogen-bond donors (Lipinski definition) is 3. The van der Waals surface area contributed by atoms with Crippen LogP contribution in [-0.4, -0.2) is 32.3 Å². The molecular weight excluding hydrogens is 410 g/mol. The highest BCUT2D eigenvalue weighted by molar-refractivity contribution is 6.30. The van der Waals surface area contributed by atoms with Crippen LogP contribution < -0.4 is 20.7 Å². The summed E-state index contributed by atoms with van der Waals surface area (Å²) in [6, 6.07) is 15.0. The summed E-state index contributed by atoms with van der Waals surface area (Å²) >= 11 is 6.15. The molecule has 166 valence electrons. The lowest BCUT2D eigenvalue weighted by Gasteiger charge is -2.50. The standard InChI is InChI=1S/C25H32ClN3O2/c1-2-13-28-24(30)29-15-16-31-21-9-4-18-10-14-27-23(22(18)17-21)25(11-3-12-25)19-5-7-20(26)8-6-19/h4-9,17,23,27H,2-3,10-16H2,1H3,(H2,28,29,30). The lowest BCUT2D eigenvalue weighted by atomic mass is 9.58. The van der Waals surface area contributed by atoms with Crippen molar-refractivity contribution in [1.29, 1.82) is 0 Å². The monoisotopic (exact) mass is 441 g/mol. The Labute approximate surface area is 189 Å². The highest BCUT2D eigenvalue weighted by atomic mass is 35.5. The second-order valence-corrected chi connectivity index (χ2v) is 8.98. The highest BCUT2D eigenvalue weighted by Crippen LogP contribution is 2.53. The normalized spacial score (nSPS) is 19.1. The first-order chi connectivity index (χ1) is 15.1. The number of rotatable bonds is 8. The Balaban J connectivity index is 1.46. The van der Waals surface area contributed by atoms with E-state index < -0.39 is 0 Å². The van der Waals surface area contributed by atoms with E-state index in [0.717, 1.165) is 30.2 Å². The van der Waals surface area contributed by atoms with Gasteiger partial charge in [-0.15, -0.1) is 0 Å². The Kier molecular flexibility index (Phi) is 7.03. The maximum absolute atomic E-state index is 11.7. The minimum Gasteiger partial charge on any atom is -0.492 e. The van der Waals surface area contributed by atoms with Gasteiger partial charge in [-0.1, -0.05) is 43.1 Å². The van der Waals surface area contributed by atoms with Crippen LogP contribution in [0.3, 0.4) is 0 Å². The van der Waals surface area contributed by atoms with Crippen molar-refractivity contribution in [3.63, 3.8) is 0 Å². The summed E-state index contributed by atoms with van der Waals surface area (Å²) in [4.78, 5) is 11.7. The van der Waals surface area contributed by atoms with Crippen LogP contribution >= 0.6 is 11.6 Å². The zero-order valence-corrected chi connectivity index (χ0v) is 18.9. The Morgan fingerprint density at radius 1 is 1.16 bits per heavy atom. The summed E-state index contributed by atoms with van der Waals surface area (Å²) in [5, 5.41) is 10.2. The molecule has 1 unspecified atom stereocenters. The van der Waals surface area contributed by atoms with Gasteiger partial charge in [0, 0.05) is 23.0 Å². The van der Waals surface area contributed by atoms with Gasteiger partial charge in [-0.25, -0.2) is 4.79 Å². The first kappa shape index (κ1) is 22.0. The molecule has 1 heterocycles. The van der Waals surface area contributed by atoms with Gasteiger partial charge in [-0.3, -0.25) is 0 Å². The third-order valence-corrected chi connectivity index (χ3v) is 6.83. The quantitative estimate of drug-likeness (QED) is 0.518. The van der Waals surface area contributed by atoms with Crippen LogP contribution in [-0.2, 0) is 11.8 Å². The van der Waals surface area contributed by atoms with Gasteiger partial charge >= 0.3 is 6.03 Å². The predicted octanol–water partition coefficient (Wildman–Crippen LogP) is 4.74. The predicted molar refractivity (Wildman–Crippen MR) is 125 cm³/mol. The van der Waals surface area contributed by atoms with Crippen molar-refractivity contribution in [3.05, 3.63) is 64.2 Å². The summed E-state index contributed by atoms with van der Waals surface area (Å²) in [5.74, 6) is 0.855. The molecular formula is C25H32ClN3O2. The fourth-order valence-electron chi connectivity index (χ4n) is 4.83. The van der Waals surface area contributed by atoms with Gasteiger partial charge in [0.15, 0.2) is 0 Å². The van der Waals surface area contributed by atoms with Crippen LogP contribution in [0, 0.1) is 0 Å². The maximum Gasteiger partial charge on any atom is 0.314 e. The van der Waals surface area contributed by atoms with Crippen LogP contribution in [0.25, 0.3) is 0 Å². The molecule has 31 heavy (non-hydrogen) atoms. The summed E-state index contributed by atoms with van der Waals surface area (Å²) in [7, 11) is 0. The molecule has 0 saturated heterocycles. The molecule has 0 spiro atoms. The van der Waals surface area contributed by atoms with E-state index in [1.165, 1.54) is 36.0 Å².